The highest BCUT2D eigenvalue weighted by Crippen LogP contribution is 2.23. The van der Waals surface area contributed by atoms with Gasteiger partial charge in [-0.15, -0.1) is 0 Å². The minimum absolute atomic E-state index is 0.116. The van der Waals surface area contributed by atoms with E-state index in [-0.39, 0.29) is 5.97 Å². The summed E-state index contributed by atoms with van der Waals surface area (Å²) in [5.74, 6) is -0.116. The van der Waals surface area contributed by atoms with Crippen LogP contribution in [0.25, 0.3) is 0 Å². The van der Waals surface area contributed by atoms with Crippen molar-refractivity contribution >= 4 is 5.97 Å². The van der Waals surface area contributed by atoms with Crippen LogP contribution in [-0.2, 0) is 9.53 Å². The van der Waals surface area contributed by atoms with E-state index in [9.17, 15) is 4.79 Å². The Morgan fingerprint density at radius 3 is 2.83 bits per heavy atom. The third-order valence-electron chi connectivity index (χ3n) is 2.37. The first-order chi connectivity index (χ1) is 5.58. The zero-order valence-corrected chi connectivity index (χ0v) is 8.02. The Balaban J connectivity index is 2.54. The van der Waals surface area contributed by atoms with Crippen LogP contribution in [0.5, 0.6) is 0 Å². The molecule has 1 rings (SSSR count). The summed E-state index contributed by atoms with van der Waals surface area (Å²) in [4.78, 5) is 11.4. The van der Waals surface area contributed by atoms with Crippen LogP contribution in [-0.4, -0.2) is 24.2 Å². The molecule has 0 aliphatic carbocycles. The average Bonchev–Trinajstić information content (AvgIpc) is 2.33. The summed E-state index contributed by atoms with van der Waals surface area (Å²) in [6.07, 6.45) is 1.93. The van der Waals surface area contributed by atoms with E-state index in [1.54, 1.807) is 0 Å². The van der Waals surface area contributed by atoms with Crippen LogP contribution in [0.4, 0.5) is 0 Å². The van der Waals surface area contributed by atoms with E-state index in [1.807, 2.05) is 13.8 Å². The first-order valence-electron chi connectivity index (χ1n) is 4.53. The standard InChI is InChI=1S/C9H17NO2/c1-4-12-8(11)9(3)6-5-7(2)10-9/h7,10H,4-6H2,1-3H3/t7-,9-/m1/s1. The highest BCUT2D eigenvalue weighted by atomic mass is 16.5. The number of ether oxygens (including phenoxy) is 1. The van der Waals surface area contributed by atoms with Crippen LogP contribution in [0, 0.1) is 0 Å². The summed E-state index contributed by atoms with van der Waals surface area (Å²) >= 11 is 0. The van der Waals surface area contributed by atoms with Crippen molar-refractivity contribution in [1.29, 1.82) is 0 Å². The molecule has 0 amide bonds. The fourth-order valence-corrected chi connectivity index (χ4v) is 1.64. The van der Waals surface area contributed by atoms with E-state index in [4.69, 9.17) is 4.74 Å². The molecule has 12 heavy (non-hydrogen) atoms. The molecule has 2 atom stereocenters. The summed E-state index contributed by atoms with van der Waals surface area (Å²) in [6.45, 7) is 6.29. The number of hydrogen-bond acceptors (Lipinski definition) is 3. The van der Waals surface area contributed by atoms with Crippen LogP contribution < -0.4 is 5.32 Å². The topological polar surface area (TPSA) is 38.3 Å². The quantitative estimate of drug-likeness (QED) is 0.632. The average molecular weight is 171 g/mol. The maximum Gasteiger partial charge on any atom is 0.326 e. The Hall–Kier alpha value is -0.570. The van der Waals surface area contributed by atoms with Crippen molar-refractivity contribution in [2.24, 2.45) is 0 Å². The lowest BCUT2D eigenvalue weighted by atomic mass is 10.0. The molecule has 0 radical (unpaired) electrons. The first kappa shape index (κ1) is 9.52. The van der Waals surface area contributed by atoms with Gasteiger partial charge in [-0.2, -0.15) is 0 Å². The predicted molar refractivity (Wildman–Crippen MR) is 46.9 cm³/mol. The molecule has 1 saturated heterocycles. The number of rotatable bonds is 2. The number of esters is 1. The smallest absolute Gasteiger partial charge is 0.326 e. The molecule has 1 aliphatic heterocycles. The van der Waals surface area contributed by atoms with Crippen molar-refractivity contribution in [2.75, 3.05) is 6.61 Å². The molecule has 0 saturated carbocycles. The molecule has 1 aliphatic rings. The molecule has 0 aromatic rings. The van der Waals surface area contributed by atoms with E-state index >= 15 is 0 Å². The molecule has 70 valence electrons. The maximum absolute atomic E-state index is 11.4. The molecule has 0 aromatic carbocycles. The van der Waals surface area contributed by atoms with Crippen molar-refractivity contribution in [3.8, 4) is 0 Å². The van der Waals surface area contributed by atoms with E-state index in [0.717, 1.165) is 12.8 Å². The highest BCUT2D eigenvalue weighted by Gasteiger charge is 2.40. The fourth-order valence-electron chi connectivity index (χ4n) is 1.64. The maximum atomic E-state index is 11.4. The largest absolute Gasteiger partial charge is 0.465 e. The van der Waals surface area contributed by atoms with Crippen LogP contribution in [0.15, 0.2) is 0 Å². The minimum atomic E-state index is -0.435. The lowest BCUT2D eigenvalue weighted by molar-refractivity contribution is -0.149. The van der Waals surface area contributed by atoms with Gasteiger partial charge in [0.25, 0.3) is 0 Å². The fraction of sp³-hybridized carbons (Fsp3) is 0.889. The van der Waals surface area contributed by atoms with Gasteiger partial charge in [0, 0.05) is 6.04 Å². The molecule has 1 heterocycles. The van der Waals surface area contributed by atoms with Gasteiger partial charge in [-0.05, 0) is 33.6 Å². The lowest BCUT2D eigenvalue weighted by Crippen LogP contribution is -2.47. The van der Waals surface area contributed by atoms with Crippen molar-refractivity contribution in [3.63, 3.8) is 0 Å². The Kier molecular flexibility index (Phi) is 2.73. The zero-order chi connectivity index (χ0) is 9.19. The van der Waals surface area contributed by atoms with E-state index < -0.39 is 5.54 Å². The van der Waals surface area contributed by atoms with Gasteiger partial charge < -0.3 is 4.74 Å². The monoisotopic (exact) mass is 171 g/mol. The second kappa shape index (κ2) is 3.44. The van der Waals surface area contributed by atoms with Crippen molar-refractivity contribution in [3.05, 3.63) is 0 Å². The normalized spacial score (nSPS) is 35.1. The van der Waals surface area contributed by atoms with E-state index in [1.165, 1.54) is 0 Å². The molecule has 0 spiro atoms. The molecular weight excluding hydrogens is 154 g/mol. The highest BCUT2D eigenvalue weighted by molar-refractivity contribution is 5.80. The summed E-state index contributed by atoms with van der Waals surface area (Å²) in [6, 6.07) is 0.430. The molecule has 1 N–H and O–H groups in total. The van der Waals surface area contributed by atoms with E-state index in [2.05, 4.69) is 12.2 Å². The van der Waals surface area contributed by atoms with Gasteiger partial charge in [-0.3, -0.25) is 10.1 Å². The summed E-state index contributed by atoms with van der Waals surface area (Å²) < 4.78 is 4.98. The third-order valence-corrected chi connectivity index (χ3v) is 2.37. The second-order valence-electron chi connectivity index (χ2n) is 3.64. The molecule has 0 bridgehead atoms. The molecule has 0 aromatic heterocycles. The van der Waals surface area contributed by atoms with E-state index in [0.29, 0.717) is 12.6 Å². The minimum Gasteiger partial charge on any atom is -0.465 e. The Labute approximate surface area is 73.5 Å². The van der Waals surface area contributed by atoms with Gasteiger partial charge in [0.2, 0.25) is 0 Å². The van der Waals surface area contributed by atoms with Crippen LogP contribution in [0.1, 0.15) is 33.6 Å². The Bertz CT molecular complexity index is 181. The van der Waals surface area contributed by atoms with Gasteiger partial charge in [0.05, 0.1) is 6.61 Å². The summed E-state index contributed by atoms with van der Waals surface area (Å²) in [7, 11) is 0. The lowest BCUT2D eigenvalue weighted by Gasteiger charge is -2.22. The number of nitrogens with one attached hydrogen (secondary N) is 1. The molecule has 1 fully saturated rings. The number of hydrogen-bond donors (Lipinski definition) is 1. The van der Waals surface area contributed by atoms with Crippen LogP contribution >= 0.6 is 0 Å². The second-order valence-corrected chi connectivity index (χ2v) is 3.64. The first-order valence-corrected chi connectivity index (χ1v) is 4.53. The Morgan fingerprint density at radius 1 is 1.75 bits per heavy atom. The molecule has 3 nitrogen and oxygen atoms in total. The molecule has 0 unspecified atom stereocenters. The Morgan fingerprint density at radius 2 is 2.42 bits per heavy atom. The van der Waals surface area contributed by atoms with Gasteiger partial charge in [-0.25, -0.2) is 0 Å². The summed E-state index contributed by atoms with van der Waals surface area (Å²) in [5.41, 5.74) is -0.435. The van der Waals surface area contributed by atoms with Gasteiger partial charge in [-0.1, -0.05) is 0 Å². The third kappa shape index (κ3) is 1.78. The molecule has 3 heteroatoms. The summed E-state index contributed by atoms with van der Waals surface area (Å²) in [5, 5.41) is 3.24. The number of carbonyl (C=O) groups excluding carboxylic acids is 1. The van der Waals surface area contributed by atoms with Gasteiger partial charge in [0.1, 0.15) is 5.54 Å². The van der Waals surface area contributed by atoms with Gasteiger partial charge >= 0.3 is 5.97 Å². The molecular formula is C9H17NO2. The van der Waals surface area contributed by atoms with Crippen LogP contribution in [0.2, 0.25) is 0 Å². The zero-order valence-electron chi connectivity index (χ0n) is 8.02. The van der Waals surface area contributed by atoms with Gasteiger partial charge in [0.15, 0.2) is 0 Å². The van der Waals surface area contributed by atoms with Crippen molar-refractivity contribution < 1.29 is 9.53 Å². The SMILES string of the molecule is CCOC(=O)[C@@]1(C)CC[C@@H](C)N1. The van der Waals surface area contributed by atoms with Crippen LogP contribution in [0.3, 0.4) is 0 Å². The predicted octanol–water partition coefficient (Wildman–Crippen LogP) is 1.08. The van der Waals surface area contributed by atoms with Crippen molar-refractivity contribution in [2.45, 2.75) is 45.2 Å². The van der Waals surface area contributed by atoms with Crippen molar-refractivity contribution in [1.82, 2.24) is 5.32 Å². The number of carbonyl (C=O) groups is 1.